The molecule has 0 aliphatic heterocycles. The second-order valence-corrected chi connectivity index (χ2v) is 1.28. The average molecular weight is 207 g/mol. The van der Waals surface area contributed by atoms with Gasteiger partial charge in [0.15, 0.2) is 0 Å². The van der Waals surface area contributed by atoms with Gasteiger partial charge in [0, 0.05) is 19.3 Å². The van der Waals surface area contributed by atoms with Crippen molar-refractivity contribution in [2.24, 2.45) is 0 Å². The van der Waals surface area contributed by atoms with E-state index in [-0.39, 0.29) is 13.2 Å². The summed E-state index contributed by atoms with van der Waals surface area (Å²) in [4.78, 5) is 17.6. The number of isocyanates is 1. The van der Waals surface area contributed by atoms with Crippen molar-refractivity contribution in [2.75, 3.05) is 13.2 Å². The molecule has 6 heteroatoms. The summed E-state index contributed by atoms with van der Waals surface area (Å²) in [6.45, 7) is 6.82. The highest BCUT2D eigenvalue weighted by atomic mass is 16.4. The lowest BCUT2D eigenvalue weighted by Crippen LogP contribution is -1.82. The number of carboxylic acids is 1. The van der Waals surface area contributed by atoms with Crippen LogP contribution in [-0.2, 0) is 9.59 Å². The molecule has 0 aliphatic carbocycles. The molecule has 0 bridgehead atoms. The fraction of sp³-hybridized carbons (Fsp3) is 0.500. The average Bonchev–Trinajstić information content (AvgIpc) is 2.08. The van der Waals surface area contributed by atoms with Crippen molar-refractivity contribution < 1.29 is 24.9 Å². The monoisotopic (exact) mass is 207 g/mol. The first kappa shape index (κ1) is 22.9. The molecule has 14 heavy (non-hydrogen) atoms. The molecule has 0 heterocycles. The van der Waals surface area contributed by atoms with Gasteiger partial charge in [0.1, 0.15) is 0 Å². The fourth-order valence-electron chi connectivity index (χ4n) is 0. The van der Waals surface area contributed by atoms with Gasteiger partial charge in [-0.1, -0.05) is 6.58 Å². The maximum absolute atomic E-state index is 9.25. The van der Waals surface area contributed by atoms with Crippen molar-refractivity contribution in [2.45, 2.75) is 13.8 Å². The molecule has 6 nitrogen and oxygen atoms in total. The highest BCUT2D eigenvalue weighted by molar-refractivity contribution is 5.78. The topological polar surface area (TPSA) is 119 Å². The van der Waals surface area contributed by atoms with Crippen LogP contribution in [0.5, 0.6) is 0 Å². The van der Waals surface area contributed by atoms with E-state index in [2.05, 4.69) is 6.58 Å². The van der Waals surface area contributed by atoms with E-state index < -0.39 is 5.97 Å². The van der Waals surface area contributed by atoms with Gasteiger partial charge in [0.25, 0.3) is 0 Å². The summed E-state index contributed by atoms with van der Waals surface area (Å²) >= 11 is 0. The van der Waals surface area contributed by atoms with Crippen LogP contribution in [0.25, 0.3) is 0 Å². The predicted octanol–water partition coefficient (Wildman–Crippen LogP) is 0.155. The van der Waals surface area contributed by atoms with Gasteiger partial charge < -0.3 is 15.3 Å². The Bertz CT molecular complexity index is 139. The highest BCUT2D eigenvalue weighted by Gasteiger charge is 1.73. The smallest absolute Gasteiger partial charge is 0.327 e. The van der Waals surface area contributed by atoms with Crippen LogP contribution in [0.3, 0.4) is 0 Å². The lowest BCUT2D eigenvalue weighted by molar-refractivity contribution is -0.131. The molecule has 0 saturated carbocycles. The van der Waals surface area contributed by atoms with Crippen molar-refractivity contribution in [1.29, 1.82) is 5.41 Å². The Labute approximate surface area is 83.0 Å². The molecule has 0 aromatic carbocycles. The molecule has 0 radical (unpaired) electrons. The molecule has 4 N–H and O–H groups in total. The van der Waals surface area contributed by atoms with E-state index in [1.54, 1.807) is 13.8 Å². The molecule has 0 fully saturated rings. The minimum atomic E-state index is -0.981. The Kier molecular flexibility index (Phi) is 68.5. The Morgan fingerprint density at radius 2 is 1.50 bits per heavy atom. The van der Waals surface area contributed by atoms with Gasteiger partial charge in [-0.2, -0.15) is 0 Å². The molecule has 0 amide bonds. The summed E-state index contributed by atoms with van der Waals surface area (Å²) in [6.07, 6.45) is 1.58. The molecular weight excluding hydrogens is 190 g/mol. The Hall–Kier alpha value is -1.49. The number of carbonyl (C=O) groups excluding carboxylic acids is 1. The van der Waals surface area contributed by atoms with Gasteiger partial charge in [0.2, 0.25) is 6.08 Å². The molecular formula is C8H17NO5. The number of hydrogen-bond donors (Lipinski definition) is 4. The van der Waals surface area contributed by atoms with Crippen molar-refractivity contribution in [3.8, 4) is 0 Å². The van der Waals surface area contributed by atoms with E-state index in [0.29, 0.717) is 0 Å². The molecule has 0 unspecified atom stereocenters. The zero-order valence-electron chi connectivity index (χ0n) is 8.36. The van der Waals surface area contributed by atoms with Crippen LogP contribution >= 0.6 is 0 Å². The zero-order chi connectivity index (χ0) is 12.4. The number of carboxylic acid groups (broad SMARTS) is 1. The first-order valence-electron chi connectivity index (χ1n) is 3.63. The quantitative estimate of drug-likeness (QED) is 0.277. The number of aliphatic carboxylic acids is 1. The van der Waals surface area contributed by atoms with Gasteiger partial charge >= 0.3 is 5.97 Å². The third-order valence-corrected chi connectivity index (χ3v) is 0.175. The summed E-state index contributed by atoms with van der Waals surface area (Å²) < 4.78 is 0. The summed E-state index contributed by atoms with van der Waals surface area (Å²) in [7, 11) is 0. The van der Waals surface area contributed by atoms with Crippen LogP contribution in [0.2, 0.25) is 0 Å². The summed E-state index contributed by atoms with van der Waals surface area (Å²) in [6, 6.07) is 0. The van der Waals surface area contributed by atoms with Gasteiger partial charge in [-0.15, -0.1) is 0 Å². The van der Waals surface area contributed by atoms with E-state index in [1.807, 2.05) is 0 Å². The standard InChI is InChI=1S/C3H4O2.2C2H6O.CHNO/c1-2-3(4)5;2*1-2-3;2-1-3/h2H,1H2,(H,4,5);2*3H,2H2,1H3;2H. The van der Waals surface area contributed by atoms with Crippen molar-refractivity contribution in [3.05, 3.63) is 12.7 Å². The number of nitrogens with one attached hydrogen (secondary N) is 1. The minimum Gasteiger partial charge on any atom is -0.478 e. The third kappa shape index (κ3) is 3650. The Morgan fingerprint density at radius 3 is 1.50 bits per heavy atom. The van der Waals surface area contributed by atoms with Crippen LogP contribution in [0.4, 0.5) is 0 Å². The largest absolute Gasteiger partial charge is 0.478 e. The molecule has 0 rings (SSSR count). The normalized spacial score (nSPS) is 5.43. The molecule has 0 aromatic heterocycles. The lowest BCUT2D eigenvalue weighted by Gasteiger charge is -1.64. The first-order chi connectivity index (χ1) is 6.51. The van der Waals surface area contributed by atoms with Gasteiger partial charge in [0.05, 0.1) is 0 Å². The van der Waals surface area contributed by atoms with Gasteiger partial charge in [-0.3, -0.25) is 0 Å². The van der Waals surface area contributed by atoms with Gasteiger partial charge in [-0.25, -0.2) is 15.0 Å². The third-order valence-electron chi connectivity index (χ3n) is 0.175. The van der Waals surface area contributed by atoms with E-state index in [9.17, 15) is 4.79 Å². The number of carbonyl (C=O) groups is 1. The number of rotatable bonds is 1. The van der Waals surface area contributed by atoms with Crippen LogP contribution in [0, 0.1) is 5.41 Å². The second kappa shape index (κ2) is 41.9. The summed E-state index contributed by atoms with van der Waals surface area (Å²) in [5.74, 6) is -0.981. The van der Waals surface area contributed by atoms with Crippen LogP contribution < -0.4 is 0 Å². The predicted molar refractivity (Wildman–Crippen MR) is 51.8 cm³/mol. The summed E-state index contributed by atoms with van der Waals surface area (Å²) in [5.41, 5.74) is 0. The van der Waals surface area contributed by atoms with Crippen molar-refractivity contribution >= 4 is 12.0 Å². The van der Waals surface area contributed by atoms with Crippen molar-refractivity contribution in [1.82, 2.24) is 0 Å². The molecule has 84 valence electrons. The Morgan fingerprint density at radius 1 is 1.43 bits per heavy atom. The minimum absolute atomic E-state index is 0.250. The maximum atomic E-state index is 9.25. The van der Waals surface area contributed by atoms with Crippen LogP contribution in [0.15, 0.2) is 12.7 Å². The SMILES string of the molecule is C=CC(=O)O.CCO.CCO.N=C=O. The zero-order valence-corrected chi connectivity index (χ0v) is 8.36. The molecule has 0 aromatic rings. The maximum Gasteiger partial charge on any atom is 0.327 e. The molecule has 0 aliphatic rings. The van der Waals surface area contributed by atoms with E-state index in [4.69, 9.17) is 25.5 Å². The fourth-order valence-corrected chi connectivity index (χ4v) is 0. The molecule has 0 spiro atoms. The molecule has 0 saturated heterocycles. The number of aliphatic hydroxyl groups excluding tert-OH is 2. The number of aliphatic hydroxyl groups is 2. The summed E-state index contributed by atoms with van der Waals surface area (Å²) in [5, 5.41) is 28.1. The lowest BCUT2D eigenvalue weighted by atomic mass is 10.7. The van der Waals surface area contributed by atoms with Crippen molar-refractivity contribution in [3.63, 3.8) is 0 Å². The first-order valence-corrected chi connectivity index (χ1v) is 3.63. The molecule has 0 atom stereocenters. The van der Waals surface area contributed by atoms with Gasteiger partial charge in [-0.05, 0) is 13.8 Å². The van der Waals surface area contributed by atoms with E-state index in [1.165, 1.54) is 0 Å². The second-order valence-electron chi connectivity index (χ2n) is 1.28. The van der Waals surface area contributed by atoms with Crippen LogP contribution in [-0.4, -0.2) is 40.6 Å². The van der Waals surface area contributed by atoms with E-state index in [0.717, 1.165) is 12.2 Å². The van der Waals surface area contributed by atoms with Crippen LogP contribution in [0.1, 0.15) is 13.8 Å². The number of hydrogen-bond acceptors (Lipinski definition) is 5. The van der Waals surface area contributed by atoms with E-state index >= 15 is 0 Å². The highest BCUT2D eigenvalue weighted by Crippen LogP contribution is 1.54. The Balaban J connectivity index is -0.0000000495.